The zero-order valence-corrected chi connectivity index (χ0v) is 8.69. The van der Waals surface area contributed by atoms with Gasteiger partial charge in [-0.25, -0.2) is 9.97 Å². The summed E-state index contributed by atoms with van der Waals surface area (Å²) in [6, 6.07) is 0. The van der Waals surface area contributed by atoms with Gasteiger partial charge in [0.2, 0.25) is 5.28 Å². The van der Waals surface area contributed by atoms with Crippen LogP contribution >= 0.6 is 23.4 Å². The van der Waals surface area contributed by atoms with E-state index >= 15 is 0 Å². The van der Waals surface area contributed by atoms with Crippen LogP contribution in [0.2, 0.25) is 5.28 Å². The molecular formula is C7H10ClN3OS. The highest BCUT2D eigenvalue weighted by Gasteiger charge is 2.07. The maximum atomic E-state index is 8.62. The van der Waals surface area contributed by atoms with Gasteiger partial charge in [-0.05, 0) is 18.5 Å². The SMILES string of the molecule is Cc1nc(Cl)nc(SCCO)c1N. The summed E-state index contributed by atoms with van der Waals surface area (Å²) < 4.78 is 0. The van der Waals surface area contributed by atoms with Crippen molar-refractivity contribution in [1.29, 1.82) is 0 Å². The van der Waals surface area contributed by atoms with Crippen LogP contribution in [0.25, 0.3) is 0 Å². The highest BCUT2D eigenvalue weighted by atomic mass is 35.5. The first-order valence-electron chi connectivity index (χ1n) is 3.68. The van der Waals surface area contributed by atoms with Crippen LogP contribution in [-0.4, -0.2) is 27.4 Å². The number of aliphatic hydroxyl groups excluding tert-OH is 1. The molecule has 4 nitrogen and oxygen atoms in total. The Labute approximate surface area is 85.5 Å². The molecular weight excluding hydrogens is 210 g/mol. The third kappa shape index (κ3) is 2.72. The number of halogens is 1. The molecule has 6 heteroatoms. The molecule has 0 fully saturated rings. The lowest BCUT2D eigenvalue weighted by atomic mass is 10.4. The summed E-state index contributed by atoms with van der Waals surface area (Å²) in [6.45, 7) is 1.86. The molecule has 72 valence electrons. The fourth-order valence-corrected chi connectivity index (χ4v) is 1.77. The van der Waals surface area contributed by atoms with Crippen molar-refractivity contribution in [1.82, 2.24) is 9.97 Å². The second-order valence-electron chi connectivity index (χ2n) is 2.37. The Morgan fingerprint density at radius 2 is 2.23 bits per heavy atom. The molecule has 0 unspecified atom stereocenters. The highest BCUT2D eigenvalue weighted by molar-refractivity contribution is 7.99. The van der Waals surface area contributed by atoms with Crippen LogP contribution in [-0.2, 0) is 0 Å². The second kappa shape index (κ2) is 4.64. The van der Waals surface area contributed by atoms with Crippen molar-refractivity contribution in [3.8, 4) is 0 Å². The Hall–Kier alpha value is -0.520. The van der Waals surface area contributed by atoms with E-state index in [0.29, 0.717) is 22.2 Å². The van der Waals surface area contributed by atoms with E-state index in [4.69, 9.17) is 22.4 Å². The first-order valence-corrected chi connectivity index (χ1v) is 5.04. The van der Waals surface area contributed by atoms with Crippen LogP contribution in [0.15, 0.2) is 5.03 Å². The van der Waals surface area contributed by atoms with Crippen molar-refractivity contribution in [2.45, 2.75) is 11.9 Å². The number of aliphatic hydroxyl groups is 1. The van der Waals surface area contributed by atoms with E-state index in [1.807, 2.05) is 0 Å². The predicted molar refractivity (Wildman–Crippen MR) is 54.0 cm³/mol. The Kier molecular flexibility index (Phi) is 3.77. The molecule has 0 bridgehead atoms. The number of anilines is 1. The Morgan fingerprint density at radius 1 is 1.54 bits per heavy atom. The summed E-state index contributed by atoms with van der Waals surface area (Å²) in [7, 11) is 0. The molecule has 0 aliphatic heterocycles. The van der Waals surface area contributed by atoms with E-state index in [1.165, 1.54) is 11.8 Å². The monoisotopic (exact) mass is 219 g/mol. The molecule has 0 spiro atoms. The molecule has 0 aromatic carbocycles. The van der Waals surface area contributed by atoms with Crippen molar-refractivity contribution < 1.29 is 5.11 Å². The molecule has 13 heavy (non-hydrogen) atoms. The molecule has 0 saturated carbocycles. The number of nitrogen functional groups attached to an aromatic ring is 1. The van der Waals surface area contributed by atoms with Crippen LogP contribution in [0, 0.1) is 6.92 Å². The highest BCUT2D eigenvalue weighted by Crippen LogP contribution is 2.25. The molecule has 0 aliphatic rings. The Morgan fingerprint density at radius 3 is 2.85 bits per heavy atom. The largest absolute Gasteiger partial charge is 0.396 e. The van der Waals surface area contributed by atoms with Crippen molar-refractivity contribution >= 4 is 29.1 Å². The molecule has 1 aromatic rings. The molecule has 0 saturated heterocycles. The maximum Gasteiger partial charge on any atom is 0.223 e. The summed E-state index contributed by atoms with van der Waals surface area (Å²) in [6.07, 6.45) is 0. The smallest absolute Gasteiger partial charge is 0.223 e. The number of nitrogens with two attached hydrogens (primary N) is 1. The van der Waals surface area contributed by atoms with Gasteiger partial charge in [-0.15, -0.1) is 11.8 Å². The van der Waals surface area contributed by atoms with Crippen LogP contribution in [0.3, 0.4) is 0 Å². The van der Waals surface area contributed by atoms with Crippen molar-refractivity contribution in [2.75, 3.05) is 18.1 Å². The van der Waals surface area contributed by atoms with Gasteiger partial charge in [0, 0.05) is 5.75 Å². The van der Waals surface area contributed by atoms with Crippen LogP contribution in [0.1, 0.15) is 5.69 Å². The summed E-state index contributed by atoms with van der Waals surface area (Å²) in [5, 5.41) is 9.44. The number of nitrogens with zero attached hydrogens (tertiary/aromatic N) is 2. The normalized spacial score (nSPS) is 10.4. The van der Waals surface area contributed by atoms with Crippen LogP contribution in [0.5, 0.6) is 0 Å². The van der Waals surface area contributed by atoms with Crippen LogP contribution in [0.4, 0.5) is 5.69 Å². The minimum atomic E-state index is 0.0881. The summed E-state index contributed by atoms with van der Waals surface area (Å²) in [4.78, 5) is 7.85. The molecule has 0 atom stereocenters. The molecule has 0 amide bonds. The fraction of sp³-hybridized carbons (Fsp3) is 0.429. The lowest BCUT2D eigenvalue weighted by molar-refractivity contribution is 0.322. The van der Waals surface area contributed by atoms with Gasteiger partial charge >= 0.3 is 0 Å². The van der Waals surface area contributed by atoms with Crippen molar-refractivity contribution in [2.24, 2.45) is 0 Å². The van der Waals surface area contributed by atoms with Crippen molar-refractivity contribution in [3.05, 3.63) is 11.0 Å². The third-order valence-corrected chi connectivity index (χ3v) is 2.54. The number of hydrogen-bond acceptors (Lipinski definition) is 5. The first-order chi connectivity index (χ1) is 6.15. The number of thioether (sulfide) groups is 1. The molecule has 3 N–H and O–H groups in total. The zero-order valence-electron chi connectivity index (χ0n) is 7.12. The summed E-state index contributed by atoms with van der Waals surface area (Å²) >= 11 is 7.01. The molecule has 1 aromatic heterocycles. The van der Waals surface area contributed by atoms with Gasteiger partial charge in [-0.2, -0.15) is 0 Å². The molecule has 1 rings (SSSR count). The van der Waals surface area contributed by atoms with E-state index in [2.05, 4.69) is 9.97 Å². The third-order valence-electron chi connectivity index (χ3n) is 1.40. The average molecular weight is 220 g/mol. The minimum Gasteiger partial charge on any atom is -0.396 e. The van der Waals surface area contributed by atoms with E-state index < -0.39 is 0 Å². The van der Waals surface area contributed by atoms with Gasteiger partial charge in [0.15, 0.2) is 0 Å². The predicted octanol–water partition coefficient (Wildman–Crippen LogP) is 1.11. The van der Waals surface area contributed by atoms with E-state index in [1.54, 1.807) is 6.92 Å². The molecule has 1 heterocycles. The quantitative estimate of drug-likeness (QED) is 0.453. The van der Waals surface area contributed by atoms with Gasteiger partial charge < -0.3 is 10.8 Å². The van der Waals surface area contributed by atoms with E-state index in [9.17, 15) is 0 Å². The molecule has 0 aliphatic carbocycles. The minimum absolute atomic E-state index is 0.0881. The summed E-state index contributed by atoms with van der Waals surface area (Å²) in [5.74, 6) is 0.553. The Balaban J connectivity index is 2.92. The maximum absolute atomic E-state index is 8.62. The lowest BCUT2D eigenvalue weighted by Gasteiger charge is -2.05. The lowest BCUT2D eigenvalue weighted by Crippen LogP contribution is -2.00. The van der Waals surface area contributed by atoms with E-state index in [0.717, 1.165) is 0 Å². The standard InChI is InChI=1S/C7H10ClN3OS/c1-4-5(9)6(13-3-2-12)11-7(8)10-4/h12H,2-3,9H2,1H3. The summed E-state index contributed by atoms with van der Waals surface area (Å²) in [5.41, 5.74) is 6.90. The van der Waals surface area contributed by atoms with Gasteiger partial charge in [0.05, 0.1) is 18.0 Å². The van der Waals surface area contributed by atoms with Gasteiger partial charge in [0.1, 0.15) is 5.03 Å². The molecule has 0 radical (unpaired) electrons. The average Bonchev–Trinajstić information content (AvgIpc) is 2.09. The van der Waals surface area contributed by atoms with Gasteiger partial charge in [-0.1, -0.05) is 0 Å². The number of hydrogen-bond donors (Lipinski definition) is 2. The number of aromatic nitrogens is 2. The second-order valence-corrected chi connectivity index (χ2v) is 3.79. The zero-order chi connectivity index (χ0) is 9.84. The van der Waals surface area contributed by atoms with Crippen molar-refractivity contribution in [3.63, 3.8) is 0 Å². The fourth-order valence-electron chi connectivity index (χ4n) is 0.775. The number of rotatable bonds is 3. The number of aryl methyl sites for hydroxylation is 1. The Bertz CT molecular complexity index is 308. The topological polar surface area (TPSA) is 72.0 Å². The van der Waals surface area contributed by atoms with E-state index in [-0.39, 0.29) is 11.9 Å². The first kappa shape index (κ1) is 10.6. The van der Waals surface area contributed by atoms with Crippen LogP contribution < -0.4 is 5.73 Å². The van der Waals surface area contributed by atoms with Gasteiger partial charge in [0.25, 0.3) is 0 Å². The van der Waals surface area contributed by atoms with Gasteiger partial charge in [-0.3, -0.25) is 0 Å².